The van der Waals surface area contributed by atoms with Crippen LogP contribution in [0.5, 0.6) is 0 Å². The van der Waals surface area contributed by atoms with Gasteiger partial charge in [-0.15, -0.1) is 4.72 Å². The zero-order valence-corrected chi connectivity index (χ0v) is 12.2. The van der Waals surface area contributed by atoms with Crippen molar-refractivity contribution in [2.75, 3.05) is 0 Å². The largest absolute Gasteiger partial charge is 0.598 e. The molecule has 1 unspecified atom stereocenters. The quantitative estimate of drug-likeness (QED) is 0.855. The Morgan fingerprint density at radius 3 is 2.21 bits per heavy atom. The van der Waals surface area contributed by atoms with Gasteiger partial charge in [-0.05, 0) is 27.7 Å². The molecule has 1 aromatic rings. The van der Waals surface area contributed by atoms with Crippen molar-refractivity contribution in [1.82, 2.24) is 4.72 Å². The first-order valence-electron chi connectivity index (χ1n) is 5.89. The Morgan fingerprint density at radius 1 is 1.21 bits per heavy atom. The molecular weight excluding hydrogens is 275 g/mol. The fraction of sp³-hybridized carbons (Fsp3) is 0.538. The SMILES string of the molecule is C[C@@H](N[S+]([O-])C(C)(C)C)c1cccc(C(F)F)c1F. The average molecular weight is 293 g/mol. The van der Waals surface area contributed by atoms with Crippen LogP contribution in [0.3, 0.4) is 0 Å². The van der Waals surface area contributed by atoms with Crippen LogP contribution in [0.2, 0.25) is 0 Å². The van der Waals surface area contributed by atoms with Crippen molar-refractivity contribution >= 4 is 11.4 Å². The summed E-state index contributed by atoms with van der Waals surface area (Å²) >= 11 is -1.40. The van der Waals surface area contributed by atoms with Crippen LogP contribution < -0.4 is 4.72 Å². The Labute approximate surface area is 114 Å². The van der Waals surface area contributed by atoms with E-state index >= 15 is 0 Å². The first-order valence-corrected chi connectivity index (χ1v) is 7.04. The van der Waals surface area contributed by atoms with Crippen molar-refractivity contribution in [2.24, 2.45) is 0 Å². The van der Waals surface area contributed by atoms with Crippen LogP contribution in [0.25, 0.3) is 0 Å². The van der Waals surface area contributed by atoms with Crippen LogP contribution in [0, 0.1) is 5.82 Å². The van der Waals surface area contributed by atoms with Gasteiger partial charge >= 0.3 is 0 Å². The second kappa shape index (κ2) is 6.15. The van der Waals surface area contributed by atoms with Crippen molar-refractivity contribution in [3.63, 3.8) is 0 Å². The van der Waals surface area contributed by atoms with Gasteiger partial charge in [-0.3, -0.25) is 0 Å². The molecule has 2 nitrogen and oxygen atoms in total. The molecule has 0 aliphatic rings. The maximum absolute atomic E-state index is 13.9. The van der Waals surface area contributed by atoms with E-state index in [1.165, 1.54) is 12.1 Å². The highest BCUT2D eigenvalue weighted by molar-refractivity contribution is 7.90. The second-order valence-electron chi connectivity index (χ2n) is 5.27. The molecular formula is C13H18F3NOS. The van der Waals surface area contributed by atoms with Crippen LogP contribution in [-0.4, -0.2) is 9.30 Å². The summed E-state index contributed by atoms with van der Waals surface area (Å²) in [5.41, 5.74) is -0.539. The molecule has 0 aliphatic heterocycles. The molecule has 0 aromatic heterocycles. The van der Waals surface area contributed by atoms with E-state index in [1.54, 1.807) is 27.7 Å². The number of alkyl halides is 2. The number of benzene rings is 1. The fourth-order valence-corrected chi connectivity index (χ4v) is 2.27. The van der Waals surface area contributed by atoms with E-state index in [-0.39, 0.29) is 5.56 Å². The Bertz CT molecular complexity index is 434. The predicted octanol–water partition coefficient (Wildman–Crippen LogP) is 3.88. The van der Waals surface area contributed by atoms with Crippen LogP contribution in [-0.2, 0) is 11.4 Å². The van der Waals surface area contributed by atoms with E-state index in [4.69, 9.17) is 0 Å². The molecule has 108 valence electrons. The number of hydrogen-bond donors (Lipinski definition) is 1. The Morgan fingerprint density at radius 2 is 1.74 bits per heavy atom. The molecule has 1 aromatic carbocycles. The zero-order chi connectivity index (χ0) is 14.8. The summed E-state index contributed by atoms with van der Waals surface area (Å²) < 4.78 is 53.2. The zero-order valence-electron chi connectivity index (χ0n) is 11.3. The van der Waals surface area contributed by atoms with Crippen LogP contribution >= 0.6 is 0 Å². The molecule has 0 saturated carbocycles. The third kappa shape index (κ3) is 4.12. The van der Waals surface area contributed by atoms with Crippen LogP contribution in [0.4, 0.5) is 13.2 Å². The monoisotopic (exact) mass is 293 g/mol. The third-order valence-electron chi connectivity index (χ3n) is 2.60. The first-order chi connectivity index (χ1) is 8.64. The molecule has 0 fully saturated rings. The van der Waals surface area contributed by atoms with E-state index < -0.39 is 40.0 Å². The van der Waals surface area contributed by atoms with Gasteiger partial charge in [0.1, 0.15) is 10.6 Å². The van der Waals surface area contributed by atoms with Crippen LogP contribution in [0.15, 0.2) is 18.2 Å². The molecule has 1 rings (SSSR count). The van der Waals surface area contributed by atoms with Gasteiger partial charge in [0.15, 0.2) is 0 Å². The standard InChI is InChI=1S/C13H18F3NOS/c1-8(17-19(18)13(2,3)4)9-6-5-7-10(11(9)14)12(15)16/h5-8,12,17H,1-4H3/t8-,19?/m1/s1. The number of rotatable bonds is 4. The van der Waals surface area contributed by atoms with Crippen LogP contribution in [0.1, 0.15) is 51.3 Å². The second-order valence-corrected chi connectivity index (χ2v) is 7.27. The molecule has 2 atom stereocenters. The number of halogens is 3. The number of nitrogens with one attached hydrogen (secondary N) is 1. The molecule has 6 heteroatoms. The van der Waals surface area contributed by atoms with Gasteiger partial charge in [0.05, 0.1) is 11.6 Å². The first kappa shape index (κ1) is 16.3. The molecule has 1 N–H and O–H groups in total. The Balaban J connectivity index is 2.95. The minimum Gasteiger partial charge on any atom is -0.598 e. The number of hydrogen-bond acceptors (Lipinski definition) is 2. The van der Waals surface area contributed by atoms with Gasteiger partial charge in [-0.25, -0.2) is 13.2 Å². The van der Waals surface area contributed by atoms with E-state index in [9.17, 15) is 17.7 Å². The summed E-state index contributed by atoms with van der Waals surface area (Å²) in [7, 11) is 0. The molecule has 0 heterocycles. The maximum atomic E-state index is 13.9. The van der Waals surface area contributed by atoms with E-state index in [1.807, 2.05) is 0 Å². The molecule has 19 heavy (non-hydrogen) atoms. The predicted molar refractivity (Wildman–Crippen MR) is 70.8 cm³/mol. The molecule has 0 aliphatic carbocycles. The lowest BCUT2D eigenvalue weighted by atomic mass is 10.0. The summed E-state index contributed by atoms with van der Waals surface area (Å²) in [6.45, 7) is 6.91. The van der Waals surface area contributed by atoms with Gasteiger partial charge in [-0.1, -0.05) is 18.2 Å². The molecule has 0 saturated heterocycles. The molecule has 0 bridgehead atoms. The minimum absolute atomic E-state index is 0.0930. The third-order valence-corrected chi connectivity index (χ3v) is 4.28. The Kier molecular flexibility index (Phi) is 5.29. The summed E-state index contributed by atoms with van der Waals surface area (Å²) in [6, 6.07) is 3.23. The summed E-state index contributed by atoms with van der Waals surface area (Å²) in [5, 5.41) is 0. The van der Waals surface area contributed by atoms with Gasteiger partial charge in [0.2, 0.25) is 0 Å². The lowest BCUT2D eigenvalue weighted by Gasteiger charge is -2.26. The summed E-state index contributed by atoms with van der Waals surface area (Å²) in [4.78, 5) is 0. The van der Waals surface area contributed by atoms with Crippen molar-refractivity contribution in [3.05, 3.63) is 35.1 Å². The van der Waals surface area contributed by atoms with Crippen molar-refractivity contribution in [3.8, 4) is 0 Å². The van der Waals surface area contributed by atoms with Gasteiger partial charge < -0.3 is 4.55 Å². The highest BCUT2D eigenvalue weighted by Gasteiger charge is 2.29. The van der Waals surface area contributed by atoms with Crippen molar-refractivity contribution < 1.29 is 17.7 Å². The van der Waals surface area contributed by atoms with Gasteiger partial charge in [-0.2, -0.15) is 0 Å². The van der Waals surface area contributed by atoms with Crippen molar-refractivity contribution in [2.45, 2.75) is 44.9 Å². The van der Waals surface area contributed by atoms with Crippen molar-refractivity contribution in [1.29, 1.82) is 0 Å². The summed E-state index contributed by atoms with van der Waals surface area (Å²) in [6.07, 6.45) is -2.86. The average Bonchev–Trinajstić information content (AvgIpc) is 2.27. The topological polar surface area (TPSA) is 35.1 Å². The fourth-order valence-electron chi connectivity index (χ4n) is 1.47. The molecule has 0 spiro atoms. The highest BCUT2D eigenvalue weighted by atomic mass is 32.2. The maximum Gasteiger partial charge on any atom is 0.266 e. The smallest absolute Gasteiger partial charge is 0.266 e. The Hall–Kier alpha value is -0.720. The van der Waals surface area contributed by atoms with E-state index in [2.05, 4.69) is 4.72 Å². The highest BCUT2D eigenvalue weighted by Crippen LogP contribution is 2.28. The van der Waals surface area contributed by atoms with Gasteiger partial charge in [0.25, 0.3) is 6.43 Å². The normalized spacial score (nSPS) is 15.6. The summed E-state index contributed by atoms with van der Waals surface area (Å²) in [5.74, 6) is -0.941. The minimum atomic E-state index is -2.86. The van der Waals surface area contributed by atoms with Gasteiger partial charge in [0, 0.05) is 16.9 Å². The lowest BCUT2D eigenvalue weighted by Crippen LogP contribution is -2.40. The molecule has 0 radical (unpaired) electrons. The van der Waals surface area contributed by atoms with E-state index in [0.717, 1.165) is 6.07 Å². The van der Waals surface area contributed by atoms with E-state index in [0.29, 0.717) is 0 Å². The lowest BCUT2D eigenvalue weighted by molar-refractivity contribution is 0.146. The molecule has 0 amide bonds.